The van der Waals surface area contributed by atoms with Crippen molar-refractivity contribution in [1.29, 1.82) is 0 Å². The van der Waals surface area contributed by atoms with Gasteiger partial charge in [0.1, 0.15) is 0 Å². The number of benzene rings is 1. The van der Waals surface area contributed by atoms with E-state index in [-0.39, 0.29) is 11.9 Å². The Labute approximate surface area is 146 Å². The van der Waals surface area contributed by atoms with E-state index in [4.69, 9.17) is 0 Å². The molecule has 0 aliphatic heterocycles. The summed E-state index contributed by atoms with van der Waals surface area (Å²) in [5.74, 6) is 0.00253. The third-order valence-corrected chi connectivity index (χ3v) is 4.37. The first kappa shape index (κ1) is 17.9. The fourth-order valence-corrected chi connectivity index (χ4v) is 2.75. The minimum Gasteiger partial charge on any atom is -0.342 e. The summed E-state index contributed by atoms with van der Waals surface area (Å²) in [5.41, 5.74) is 2.55. The number of nitrogens with zero attached hydrogens (tertiary/aromatic N) is 3. The molecule has 0 unspecified atom stereocenters. The van der Waals surface area contributed by atoms with E-state index in [1.54, 1.807) is 35.2 Å². The zero-order chi connectivity index (χ0) is 17.7. The minimum atomic E-state index is -0.197. The summed E-state index contributed by atoms with van der Waals surface area (Å²) in [6.45, 7) is 4.44. The van der Waals surface area contributed by atoms with E-state index in [9.17, 15) is 9.59 Å². The Bertz CT molecular complexity index is 729. The van der Waals surface area contributed by atoms with E-state index in [2.05, 4.69) is 10.3 Å². The number of nitrogens with one attached hydrogen (secondary N) is 1. The number of carbonyl (C=O) groups is 2. The SMILES string of the molecule is CC(=O)N(C)Cc1cccc(NC(=O)N(C)Cc2csc(C)n2)c1. The van der Waals surface area contributed by atoms with Crippen LogP contribution in [0.4, 0.5) is 10.5 Å². The van der Waals surface area contributed by atoms with E-state index in [1.165, 1.54) is 6.92 Å². The monoisotopic (exact) mass is 346 g/mol. The molecule has 24 heavy (non-hydrogen) atoms. The number of thiazole rings is 1. The first-order valence-corrected chi connectivity index (χ1v) is 8.47. The summed E-state index contributed by atoms with van der Waals surface area (Å²) >= 11 is 1.57. The second kappa shape index (κ2) is 7.92. The molecule has 0 fully saturated rings. The summed E-state index contributed by atoms with van der Waals surface area (Å²) in [5, 5.41) is 5.81. The summed E-state index contributed by atoms with van der Waals surface area (Å²) in [6, 6.07) is 7.30. The number of anilines is 1. The Morgan fingerprint density at radius 3 is 2.58 bits per heavy atom. The predicted molar refractivity (Wildman–Crippen MR) is 95.9 cm³/mol. The van der Waals surface area contributed by atoms with E-state index in [1.807, 2.05) is 36.6 Å². The first-order chi connectivity index (χ1) is 11.3. The Balaban J connectivity index is 1.96. The Morgan fingerprint density at radius 1 is 1.21 bits per heavy atom. The van der Waals surface area contributed by atoms with E-state index in [0.29, 0.717) is 18.8 Å². The minimum absolute atomic E-state index is 0.00253. The van der Waals surface area contributed by atoms with Crippen LogP contribution in [-0.4, -0.2) is 40.8 Å². The number of aryl methyl sites for hydroxylation is 1. The smallest absolute Gasteiger partial charge is 0.321 e. The molecule has 1 aromatic carbocycles. The Hall–Kier alpha value is -2.41. The number of rotatable bonds is 5. The Kier molecular flexibility index (Phi) is 5.92. The maximum atomic E-state index is 12.3. The number of aromatic nitrogens is 1. The highest BCUT2D eigenvalue weighted by Crippen LogP contribution is 2.14. The highest BCUT2D eigenvalue weighted by Gasteiger charge is 2.11. The van der Waals surface area contributed by atoms with Crippen LogP contribution >= 0.6 is 11.3 Å². The topological polar surface area (TPSA) is 65.5 Å². The highest BCUT2D eigenvalue weighted by molar-refractivity contribution is 7.09. The summed E-state index contributed by atoms with van der Waals surface area (Å²) in [6.07, 6.45) is 0. The third-order valence-electron chi connectivity index (χ3n) is 3.55. The molecule has 1 heterocycles. The predicted octanol–water partition coefficient (Wildman–Crippen LogP) is 3.09. The van der Waals surface area contributed by atoms with Gasteiger partial charge < -0.3 is 15.1 Å². The van der Waals surface area contributed by atoms with Crippen molar-refractivity contribution in [3.63, 3.8) is 0 Å². The summed E-state index contributed by atoms with van der Waals surface area (Å²) in [4.78, 5) is 31.2. The molecule has 3 amide bonds. The lowest BCUT2D eigenvalue weighted by atomic mass is 10.2. The van der Waals surface area contributed by atoms with Gasteiger partial charge in [-0.2, -0.15) is 0 Å². The van der Waals surface area contributed by atoms with Crippen molar-refractivity contribution >= 4 is 29.0 Å². The number of carbonyl (C=O) groups excluding carboxylic acids is 2. The lowest BCUT2D eigenvalue weighted by Crippen LogP contribution is -2.31. The largest absolute Gasteiger partial charge is 0.342 e. The van der Waals surface area contributed by atoms with Gasteiger partial charge in [-0.05, 0) is 24.6 Å². The molecule has 0 aliphatic rings. The lowest BCUT2D eigenvalue weighted by Gasteiger charge is -2.18. The van der Waals surface area contributed by atoms with Crippen LogP contribution < -0.4 is 5.32 Å². The van der Waals surface area contributed by atoms with E-state index >= 15 is 0 Å². The van der Waals surface area contributed by atoms with E-state index in [0.717, 1.165) is 16.3 Å². The average Bonchev–Trinajstić information content (AvgIpc) is 2.92. The molecule has 0 bridgehead atoms. The normalized spacial score (nSPS) is 10.3. The first-order valence-electron chi connectivity index (χ1n) is 7.59. The van der Waals surface area contributed by atoms with Gasteiger partial charge in [-0.25, -0.2) is 9.78 Å². The molecule has 2 aromatic rings. The number of amides is 3. The van der Waals surface area contributed by atoms with Crippen molar-refractivity contribution in [1.82, 2.24) is 14.8 Å². The molecule has 7 heteroatoms. The molecule has 128 valence electrons. The van der Waals surface area contributed by atoms with Crippen molar-refractivity contribution in [3.8, 4) is 0 Å². The van der Waals surface area contributed by atoms with Crippen molar-refractivity contribution in [2.24, 2.45) is 0 Å². The van der Waals surface area contributed by atoms with Crippen LogP contribution in [0.25, 0.3) is 0 Å². The fraction of sp³-hybridized carbons (Fsp3) is 0.353. The van der Waals surface area contributed by atoms with Crippen LogP contribution in [0.5, 0.6) is 0 Å². The summed E-state index contributed by atoms with van der Waals surface area (Å²) < 4.78 is 0. The lowest BCUT2D eigenvalue weighted by molar-refractivity contribution is -0.128. The number of hydrogen-bond acceptors (Lipinski definition) is 4. The molecule has 0 spiro atoms. The second-order valence-corrected chi connectivity index (χ2v) is 6.78. The Morgan fingerprint density at radius 2 is 1.96 bits per heavy atom. The van der Waals surface area contributed by atoms with Crippen LogP contribution in [-0.2, 0) is 17.9 Å². The summed E-state index contributed by atoms with van der Waals surface area (Å²) in [7, 11) is 3.48. The molecule has 6 nitrogen and oxygen atoms in total. The molecule has 0 radical (unpaired) electrons. The molecule has 1 aromatic heterocycles. The van der Waals surface area contributed by atoms with Crippen LogP contribution in [0.1, 0.15) is 23.2 Å². The molecular formula is C17H22N4O2S. The van der Waals surface area contributed by atoms with Crippen molar-refractivity contribution in [2.45, 2.75) is 26.9 Å². The molecule has 1 N–H and O–H groups in total. The number of urea groups is 1. The number of hydrogen-bond donors (Lipinski definition) is 1. The van der Waals surface area contributed by atoms with Crippen LogP contribution in [0.15, 0.2) is 29.6 Å². The van der Waals surface area contributed by atoms with Crippen molar-refractivity contribution in [3.05, 3.63) is 45.9 Å². The van der Waals surface area contributed by atoms with Gasteiger partial charge in [-0.3, -0.25) is 4.79 Å². The molecule has 2 rings (SSSR count). The highest BCUT2D eigenvalue weighted by atomic mass is 32.1. The van der Waals surface area contributed by atoms with Crippen LogP contribution in [0.3, 0.4) is 0 Å². The maximum absolute atomic E-state index is 12.3. The van der Waals surface area contributed by atoms with Crippen LogP contribution in [0.2, 0.25) is 0 Å². The van der Waals surface area contributed by atoms with Crippen LogP contribution in [0, 0.1) is 6.92 Å². The van der Waals surface area contributed by atoms with Gasteiger partial charge in [0.25, 0.3) is 0 Å². The van der Waals surface area contributed by atoms with Gasteiger partial charge in [0.15, 0.2) is 0 Å². The zero-order valence-electron chi connectivity index (χ0n) is 14.4. The molecular weight excluding hydrogens is 324 g/mol. The maximum Gasteiger partial charge on any atom is 0.321 e. The van der Waals surface area contributed by atoms with Gasteiger partial charge in [0.05, 0.1) is 17.2 Å². The van der Waals surface area contributed by atoms with Crippen molar-refractivity contribution in [2.75, 3.05) is 19.4 Å². The standard InChI is InChI=1S/C17H22N4O2S/c1-12-18-16(11-24-12)10-21(4)17(23)19-15-7-5-6-14(8-15)9-20(3)13(2)22/h5-8,11H,9-10H2,1-4H3,(H,19,23). The zero-order valence-corrected chi connectivity index (χ0v) is 15.2. The van der Waals surface area contributed by atoms with Gasteiger partial charge in [-0.1, -0.05) is 12.1 Å². The van der Waals surface area contributed by atoms with Gasteiger partial charge in [0.2, 0.25) is 5.91 Å². The molecule has 0 aliphatic carbocycles. The molecule has 0 saturated heterocycles. The van der Waals surface area contributed by atoms with Gasteiger partial charge in [0, 0.05) is 38.6 Å². The van der Waals surface area contributed by atoms with Gasteiger partial charge >= 0.3 is 6.03 Å². The fourth-order valence-electron chi connectivity index (χ4n) is 2.15. The van der Waals surface area contributed by atoms with E-state index < -0.39 is 0 Å². The third kappa shape index (κ3) is 5.06. The molecule has 0 saturated carbocycles. The second-order valence-electron chi connectivity index (χ2n) is 5.72. The van der Waals surface area contributed by atoms with Crippen molar-refractivity contribution < 1.29 is 9.59 Å². The quantitative estimate of drug-likeness (QED) is 0.905. The average molecular weight is 346 g/mol. The van der Waals surface area contributed by atoms with Gasteiger partial charge in [-0.15, -0.1) is 11.3 Å². The molecule has 0 atom stereocenters.